The van der Waals surface area contributed by atoms with Crippen LogP contribution in [0.2, 0.25) is 0 Å². The molecule has 1 N–H and O–H groups in total. The summed E-state index contributed by atoms with van der Waals surface area (Å²) in [5.74, 6) is 0.0491. The molecule has 2 heterocycles. The summed E-state index contributed by atoms with van der Waals surface area (Å²) in [7, 11) is 0. The number of rotatable bonds is 4. The number of hydrogen-bond donors (Lipinski definition) is 1. The lowest BCUT2D eigenvalue weighted by Gasteiger charge is -2.20. The summed E-state index contributed by atoms with van der Waals surface area (Å²) in [6.45, 7) is 1.69. The summed E-state index contributed by atoms with van der Waals surface area (Å²) < 4.78 is 0. The first-order chi connectivity index (χ1) is 11.7. The molecule has 1 aliphatic heterocycles. The molecule has 0 bridgehead atoms. The highest BCUT2D eigenvalue weighted by atomic mass is 32.1. The Bertz CT molecular complexity index is 672. The standard InChI is InChI=1S/C19H22N2O2S/c22-18(13-15-9-12-24-14-15)20-17-7-5-16(6-8-17)19(23)21-10-3-1-2-4-11-21/h5-9,12,14H,1-4,10-11,13H2,(H,20,22). The average molecular weight is 342 g/mol. The molecule has 1 aromatic carbocycles. The molecule has 2 aromatic rings. The zero-order chi connectivity index (χ0) is 16.8. The summed E-state index contributed by atoms with van der Waals surface area (Å²) in [6.07, 6.45) is 4.96. The molecule has 2 amide bonds. The highest BCUT2D eigenvalue weighted by Crippen LogP contribution is 2.16. The number of amides is 2. The molecule has 0 spiro atoms. The SMILES string of the molecule is O=C(Cc1ccsc1)Nc1ccc(C(=O)N2CCCCCC2)cc1. The summed E-state index contributed by atoms with van der Waals surface area (Å²) in [4.78, 5) is 26.5. The first kappa shape index (κ1) is 16.7. The molecule has 1 aromatic heterocycles. The van der Waals surface area contributed by atoms with E-state index < -0.39 is 0 Å². The van der Waals surface area contributed by atoms with Crippen molar-refractivity contribution in [2.45, 2.75) is 32.1 Å². The Kier molecular flexibility index (Phi) is 5.64. The second kappa shape index (κ2) is 8.11. The van der Waals surface area contributed by atoms with E-state index in [0.29, 0.717) is 12.0 Å². The fourth-order valence-electron chi connectivity index (χ4n) is 2.94. The summed E-state index contributed by atoms with van der Waals surface area (Å²) in [5, 5.41) is 6.82. The van der Waals surface area contributed by atoms with E-state index in [1.165, 1.54) is 12.8 Å². The van der Waals surface area contributed by atoms with E-state index in [4.69, 9.17) is 0 Å². The van der Waals surface area contributed by atoms with E-state index >= 15 is 0 Å². The zero-order valence-corrected chi connectivity index (χ0v) is 14.5. The van der Waals surface area contributed by atoms with Gasteiger partial charge < -0.3 is 10.2 Å². The molecule has 0 unspecified atom stereocenters. The van der Waals surface area contributed by atoms with Crippen LogP contribution < -0.4 is 5.32 Å². The number of nitrogens with zero attached hydrogens (tertiary/aromatic N) is 1. The summed E-state index contributed by atoms with van der Waals surface area (Å²) in [6, 6.07) is 9.15. The van der Waals surface area contributed by atoms with Crippen LogP contribution >= 0.6 is 11.3 Å². The lowest BCUT2D eigenvalue weighted by molar-refractivity contribution is -0.115. The molecule has 1 saturated heterocycles. The number of carbonyl (C=O) groups is 2. The second-order valence-corrected chi connectivity index (χ2v) is 6.92. The lowest BCUT2D eigenvalue weighted by Crippen LogP contribution is -2.31. The van der Waals surface area contributed by atoms with Gasteiger partial charge in [0.15, 0.2) is 0 Å². The van der Waals surface area contributed by atoms with Crippen LogP contribution in [0.25, 0.3) is 0 Å². The van der Waals surface area contributed by atoms with E-state index in [-0.39, 0.29) is 11.8 Å². The van der Waals surface area contributed by atoms with Crippen LogP contribution in [0.3, 0.4) is 0 Å². The van der Waals surface area contributed by atoms with Gasteiger partial charge in [-0.25, -0.2) is 0 Å². The maximum Gasteiger partial charge on any atom is 0.253 e. The minimum absolute atomic E-state index is 0.0417. The van der Waals surface area contributed by atoms with E-state index in [9.17, 15) is 9.59 Å². The van der Waals surface area contributed by atoms with Crippen molar-refractivity contribution in [3.05, 3.63) is 52.2 Å². The second-order valence-electron chi connectivity index (χ2n) is 6.14. The van der Waals surface area contributed by atoms with Crippen molar-refractivity contribution in [3.8, 4) is 0 Å². The van der Waals surface area contributed by atoms with Crippen LogP contribution in [0.1, 0.15) is 41.6 Å². The molecule has 0 saturated carbocycles. The lowest BCUT2D eigenvalue weighted by atomic mass is 10.1. The number of carbonyl (C=O) groups excluding carboxylic acids is 2. The van der Waals surface area contributed by atoms with Crippen LogP contribution in [0.4, 0.5) is 5.69 Å². The highest BCUT2D eigenvalue weighted by molar-refractivity contribution is 7.08. The molecule has 126 valence electrons. The molecule has 24 heavy (non-hydrogen) atoms. The van der Waals surface area contributed by atoms with Gasteiger partial charge in [-0.3, -0.25) is 9.59 Å². The highest BCUT2D eigenvalue weighted by Gasteiger charge is 2.17. The van der Waals surface area contributed by atoms with Crippen LogP contribution in [-0.2, 0) is 11.2 Å². The molecule has 0 atom stereocenters. The van der Waals surface area contributed by atoms with E-state index in [2.05, 4.69) is 5.32 Å². The van der Waals surface area contributed by atoms with E-state index in [1.54, 1.807) is 35.6 Å². The molecule has 1 aliphatic rings. The number of anilines is 1. The first-order valence-corrected chi connectivity index (χ1v) is 9.37. The number of hydrogen-bond acceptors (Lipinski definition) is 3. The zero-order valence-electron chi connectivity index (χ0n) is 13.7. The Labute approximate surface area is 146 Å². The summed E-state index contributed by atoms with van der Waals surface area (Å²) >= 11 is 1.59. The maximum atomic E-state index is 12.5. The van der Waals surface area contributed by atoms with Gasteiger partial charge in [0.05, 0.1) is 6.42 Å². The van der Waals surface area contributed by atoms with Crippen LogP contribution in [0.15, 0.2) is 41.1 Å². The van der Waals surface area contributed by atoms with Gasteiger partial charge in [0, 0.05) is 24.3 Å². The first-order valence-electron chi connectivity index (χ1n) is 8.42. The maximum absolute atomic E-state index is 12.5. The Morgan fingerprint density at radius 1 is 1.00 bits per heavy atom. The number of nitrogens with one attached hydrogen (secondary N) is 1. The normalized spacial score (nSPS) is 14.9. The average Bonchev–Trinajstić information content (AvgIpc) is 2.94. The number of thiophene rings is 1. The summed E-state index contributed by atoms with van der Waals surface area (Å²) in [5.41, 5.74) is 2.43. The Morgan fingerprint density at radius 3 is 2.33 bits per heavy atom. The Hall–Kier alpha value is -2.14. The Balaban J connectivity index is 1.58. The van der Waals surface area contributed by atoms with Crippen molar-refractivity contribution in [1.29, 1.82) is 0 Å². The molecule has 1 fully saturated rings. The molecule has 0 radical (unpaired) electrons. The Morgan fingerprint density at radius 2 is 1.71 bits per heavy atom. The molecular weight excluding hydrogens is 320 g/mol. The predicted molar refractivity (Wildman–Crippen MR) is 97.5 cm³/mol. The molecule has 4 nitrogen and oxygen atoms in total. The number of likely N-dealkylation sites (tertiary alicyclic amines) is 1. The molecule has 3 rings (SSSR count). The third kappa shape index (κ3) is 4.45. The van der Waals surface area contributed by atoms with Gasteiger partial charge in [-0.15, -0.1) is 0 Å². The molecule has 0 aliphatic carbocycles. The van der Waals surface area contributed by atoms with Gasteiger partial charge in [0.25, 0.3) is 5.91 Å². The van der Waals surface area contributed by atoms with Crippen molar-refractivity contribution in [1.82, 2.24) is 4.90 Å². The van der Waals surface area contributed by atoms with Crippen LogP contribution in [0.5, 0.6) is 0 Å². The van der Waals surface area contributed by atoms with Crippen molar-refractivity contribution >= 4 is 28.8 Å². The predicted octanol–water partition coefficient (Wildman–Crippen LogP) is 3.95. The van der Waals surface area contributed by atoms with Gasteiger partial charge in [-0.2, -0.15) is 11.3 Å². The fraction of sp³-hybridized carbons (Fsp3) is 0.368. The third-order valence-electron chi connectivity index (χ3n) is 4.25. The van der Waals surface area contributed by atoms with E-state index in [0.717, 1.165) is 37.2 Å². The third-order valence-corrected chi connectivity index (χ3v) is 4.99. The van der Waals surface area contributed by atoms with Gasteiger partial charge in [0.1, 0.15) is 0 Å². The molecule has 5 heteroatoms. The fourth-order valence-corrected chi connectivity index (χ4v) is 3.60. The quantitative estimate of drug-likeness (QED) is 0.915. The largest absolute Gasteiger partial charge is 0.339 e. The minimum Gasteiger partial charge on any atom is -0.339 e. The van der Waals surface area contributed by atoms with Crippen LogP contribution in [0, 0.1) is 0 Å². The smallest absolute Gasteiger partial charge is 0.253 e. The van der Waals surface area contributed by atoms with Crippen molar-refractivity contribution in [2.75, 3.05) is 18.4 Å². The van der Waals surface area contributed by atoms with Crippen LogP contribution in [-0.4, -0.2) is 29.8 Å². The van der Waals surface area contributed by atoms with Gasteiger partial charge in [-0.05, 0) is 59.5 Å². The van der Waals surface area contributed by atoms with Gasteiger partial charge >= 0.3 is 0 Å². The van der Waals surface area contributed by atoms with E-state index in [1.807, 2.05) is 21.7 Å². The number of benzene rings is 1. The van der Waals surface area contributed by atoms with Crippen molar-refractivity contribution < 1.29 is 9.59 Å². The van der Waals surface area contributed by atoms with Gasteiger partial charge in [-0.1, -0.05) is 12.8 Å². The van der Waals surface area contributed by atoms with Gasteiger partial charge in [0.2, 0.25) is 5.91 Å². The minimum atomic E-state index is -0.0417. The van der Waals surface area contributed by atoms with Crippen molar-refractivity contribution in [2.24, 2.45) is 0 Å². The topological polar surface area (TPSA) is 49.4 Å². The van der Waals surface area contributed by atoms with Crippen molar-refractivity contribution in [3.63, 3.8) is 0 Å². The monoisotopic (exact) mass is 342 g/mol. The molecular formula is C19H22N2O2S.